The minimum Gasteiger partial charge on any atom is -0.388 e. The maximum absolute atomic E-state index is 12.2. The Labute approximate surface area is 118 Å². The summed E-state index contributed by atoms with van der Waals surface area (Å²) in [5.74, 6) is 0. The maximum atomic E-state index is 12.2. The van der Waals surface area contributed by atoms with Crippen molar-refractivity contribution in [2.45, 2.75) is 11.3 Å². The van der Waals surface area contributed by atoms with Crippen LogP contribution in [0.4, 0.5) is 0 Å². The Balaban J connectivity index is 2.84. The van der Waals surface area contributed by atoms with E-state index in [2.05, 4.69) is 4.98 Å². The Bertz CT molecular complexity index is 529. The zero-order chi connectivity index (χ0) is 14.5. The smallest absolute Gasteiger partial charge is 0.244 e. The van der Waals surface area contributed by atoms with Crippen LogP contribution >= 0.6 is 12.2 Å². The molecular weight excluding hydrogens is 286 g/mol. The number of thiocarbonyl (C=S) groups is 1. The molecule has 0 aromatic carbocycles. The summed E-state index contributed by atoms with van der Waals surface area (Å²) in [5, 5.41) is 0. The van der Waals surface area contributed by atoms with Crippen molar-refractivity contribution in [3.63, 3.8) is 0 Å². The second kappa shape index (κ2) is 6.90. The highest BCUT2D eigenvalue weighted by molar-refractivity contribution is 7.89. The zero-order valence-corrected chi connectivity index (χ0v) is 12.5. The lowest BCUT2D eigenvalue weighted by Gasteiger charge is -2.16. The van der Waals surface area contributed by atoms with Gasteiger partial charge in [-0.25, -0.2) is 12.7 Å². The van der Waals surface area contributed by atoms with Crippen LogP contribution in [0.5, 0.6) is 0 Å². The second-order valence-electron chi connectivity index (χ2n) is 3.92. The number of sulfonamides is 1. The van der Waals surface area contributed by atoms with Gasteiger partial charge in [-0.1, -0.05) is 12.2 Å². The van der Waals surface area contributed by atoms with Crippen molar-refractivity contribution in [1.29, 1.82) is 0 Å². The van der Waals surface area contributed by atoms with Gasteiger partial charge in [0.15, 0.2) is 0 Å². The molecule has 0 atom stereocenters. The molecule has 6 nitrogen and oxygen atoms in total. The van der Waals surface area contributed by atoms with Crippen LogP contribution in [0.25, 0.3) is 0 Å². The standard InChI is InChI=1S/C11H17N3O3S2/c1-14(6-3-7-17-2)19(15,16)9-4-5-10(11(12)18)13-8-9/h4-5,8H,3,6-7H2,1-2H3,(H2,12,18). The highest BCUT2D eigenvalue weighted by Gasteiger charge is 2.20. The van der Waals surface area contributed by atoms with E-state index in [1.165, 1.54) is 29.7 Å². The first-order valence-electron chi connectivity index (χ1n) is 5.60. The molecule has 8 heteroatoms. The van der Waals surface area contributed by atoms with Crippen molar-refractivity contribution in [1.82, 2.24) is 9.29 Å². The molecule has 106 valence electrons. The lowest BCUT2D eigenvalue weighted by molar-refractivity contribution is 0.189. The number of hydrogen-bond acceptors (Lipinski definition) is 5. The molecule has 0 saturated heterocycles. The molecule has 0 radical (unpaired) electrons. The van der Waals surface area contributed by atoms with E-state index in [0.29, 0.717) is 25.3 Å². The van der Waals surface area contributed by atoms with Crippen LogP contribution in [0.2, 0.25) is 0 Å². The Morgan fingerprint density at radius 1 is 1.53 bits per heavy atom. The number of nitrogens with two attached hydrogens (primary N) is 1. The molecule has 0 saturated carbocycles. The summed E-state index contributed by atoms with van der Waals surface area (Å²) in [6.45, 7) is 0.895. The van der Waals surface area contributed by atoms with Gasteiger partial charge in [0.1, 0.15) is 9.88 Å². The van der Waals surface area contributed by atoms with Crippen molar-refractivity contribution in [3.8, 4) is 0 Å². The Hall–Kier alpha value is -1.09. The van der Waals surface area contributed by atoms with E-state index in [-0.39, 0.29) is 9.88 Å². The molecule has 1 aromatic rings. The number of ether oxygens (including phenoxy) is 1. The van der Waals surface area contributed by atoms with Crippen LogP contribution in [-0.2, 0) is 14.8 Å². The van der Waals surface area contributed by atoms with Crippen molar-refractivity contribution < 1.29 is 13.2 Å². The first-order valence-corrected chi connectivity index (χ1v) is 7.45. The number of rotatable bonds is 7. The number of methoxy groups -OCH3 is 1. The molecule has 0 fully saturated rings. The monoisotopic (exact) mass is 303 g/mol. The third kappa shape index (κ3) is 4.20. The number of pyridine rings is 1. The van der Waals surface area contributed by atoms with Crippen LogP contribution in [0.15, 0.2) is 23.2 Å². The summed E-state index contributed by atoms with van der Waals surface area (Å²) in [7, 11) is -0.434. The Morgan fingerprint density at radius 3 is 2.68 bits per heavy atom. The van der Waals surface area contributed by atoms with Crippen LogP contribution in [0.3, 0.4) is 0 Å². The highest BCUT2D eigenvalue weighted by atomic mass is 32.2. The van der Waals surface area contributed by atoms with Gasteiger partial charge in [-0.3, -0.25) is 4.98 Å². The van der Waals surface area contributed by atoms with Gasteiger partial charge >= 0.3 is 0 Å². The van der Waals surface area contributed by atoms with Gasteiger partial charge in [-0.05, 0) is 18.6 Å². The fourth-order valence-electron chi connectivity index (χ4n) is 1.41. The average molecular weight is 303 g/mol. The lowest BCUT2D eigenvalue weighted by Crippen LogP contribution is -2.28. The fourth-order valence-corrected chi connectivity index (χ4v) is 2.69. The topological polar surface area (TPSA) is 85.5 Å². The van der Waals surface area contributed by atoms with Crippen molar-refractivity contribution in [2.75, 3.05) is 27.3 Å². The van der Waals surface area contributed by atoms with Crippen LogP contribution in [0, 0.1) is 0 Å². The van der Waals surface area contributed by atoms with Gasteiger partial charge in [0.05, 0.1) is 5.69 Å². The highest BCUT2D eigenvalue weighted by Crippen LogP contribution is 2.13. The molecule has 0 aliphatic heterocycles. The fraction of sp³-hybridized carbons (Fsp3) is 0.455. The molecule has 0 amide bonds. The first-order chi connectivity index (χ1) is 8.89. The summed E-state index contributed by atoms with van der Waals surface area (Å²) in [4.78, 5) is 4.18. The molecule has 0 aliphatic rings. The molecule has 19 heavy (non-hydrogen) atoms. The predicted molar refractivity (Wildman–Crippen MR) is 76.4 cm³/mol. The predicted octanol–water partition coefficient (Wildman–Crippen LogP) is 0.373. The van der Waals surface area contributed by atoms with E-state index in [9.17, 15) is 8.42 Å². The Kier molecular flexibility index (Phi) is 5.80. The maximum Gasteiger partial charge on any atom is 0.244 e. The summed E-state index contributed by atoms with van der Waals surface area (Å²) in [5.41, 5.74) is 5.81. The van der Waals surface area contributed by atoms with E-state index in [1.54, 1.807) is 7.11 Å². The number of aromatic nitrogens is 1. The van der Waals surface area contributed by atoms with Crippen LogP contribution < -0.4 is 5.73 Å². The Morgan fingerprint density at radius 2 is 2.21 bits per heavy atom. The molecule has 0 unspecified atom stereocenters. The third-order valence-corrected chi connectivity index (χ3v) is 4.57. The first kappa shape index (κ1) is 16.0. The molecule has 0 aliphatic carbocycles. The van der Waals surface area contributed by atoms with E-state index < -0.39 is 10.0 Å². The molecule has 0 spiro atoms. The molecule has 2 N–H and O–H groups in total. The molecule has 0 bridgehead atoms. The second-order valence-corrected chi connectivity index (χ2v) is 6.40. The van der Waals surface area contributed by atoms with E-state index in [4.69, 9.17) is 22.7 Å². The third-order valence-electron chi connectivity index (χ3n) is 2.52. The summed E-state index contributed by atoms with van der Waals surface area (Å²) < 4.78 is 30.5. The van der Waals surface area contributed by atoms with Gasteiger partial charge in [-0.2, -0.15) is 0 Å². The van der Waals surface area contributed by atoms with Crippen LogP contribution in [-0.4, -0.2) is 50.0 Å². The van der Waals surface area contributed by atoms with Crippen molar-refractivity contribution >= 4 is 27.2 Å². The average Bonchev–Trinajstić information content (AvgIpc) is 2.39. The number of hydrogen-bond donors (Lipinski definition) is 1. The van der Waals surface area contributed by atoms with E-state index in [0.717, 1.165) is 0 Å². The summed E-state index contributed by atoms with van der Waals surface area (Å²) in [6, 6.07) is 2.95. The normalized spacial score (nSPS) is 11.7. The number of nitrogens with zero attached hydrogens (tertiary/aromatic N) is 2. The van der Waals surface area contributed by atoms with Crippen molar-refractivity contribution in [2.24, 2.45) is 5.73 Å². The van der Waals surface area contributed by atoms with Crippen molar-refractivity contribution in [3.05, 3.63) is 24.0 Å². The quantitative estimate of drug-likeness (QED) is 0.579. The van der Waals surface area contributed by atoms with Crippen LogP contribution in [0.1, 0.15) is 12.1 Å². The zero-order valence-electron chi connectivity index (χ0n) is 10.9. The van der Waals surface area contributed by atoms with E-state index in [1.807, 2.05) is 0 Å². The molecular formula is C11H17N3O3S2. The lowest BCUT2D eigenvalue weighted by atomic mass is 10.3. The minimum atomic E-state index is -3.53. The minimum absolute atomic E-state index is 0.118. The van der Waals surface area contributed by atoms with Gasteiger partial charge in [-0.15, -0.1) is 0 Å². The molecule has 1 aromatic heterocycles. The van der Waals surface area contributed by atoms with Gasteiger partial charge in [0.2, 0.25) is 10.0 Å². The van der Waals surface area contributed by atoms with Gasteiger partial charge < -0.3 is 10.5 Å². The summed E-state index contributed by atoms with van der Waals surface area (Å²) in [6.07, 6.45) is 1.89. The SMILES string of the molecule is COCCCN(C)S(=O)(=O)c1ccc(C(N)=S)nc1. The van der Waals surface area contributed by atoms with Gasteiger partial charge in [0.25, 0.3) is 0 Å². The van der Waals surface area contributed by atoms with E-state index >= 15 is 0 Å². The molecule has 1 rings (SSSR count). The largest absolute Gasteiger partial charge is 0.388 e. The van der Waals surface area contributed by atoms with Gasteiger partial charge in [0, 0.05) is 33.5 Å². The molecule has 1 heterocycles. The summed E-state index contributed by atoms with van der Waals surface area (Å²) >= 11 is 4.76.